The number of hydrogen-bond acceptors (Lipinski definition) is 27. The molecule has 30 nitrogen and oxygen atoms in total. The van der Waals surface area contributed by atoms with Gasteiger partial charge in [0.1, 0.15) is 77.1 Å². The van der Waals surface area contributed by atoms with Crippen molar-refractivity contribution in [1.82, 2.24) is 68.0 Å². The summed E-state index contributed by atoms with van der Waals surface area (Å²) in [4.78, 5) is 113. The summed E-state index contributed by atoms with van der Waals surface area (Å²) in [6.07, 6.45) is 5.47. The number of thioether (sulfide) groups is 1. The van der Waals surface area contributed by atoms with Gasteiger partial charge in [-0.15, -0.1) is 5.10 Å². The number of aromatic nitrogens is 12. The molecule has 16 heterocycles. The van der Waals surface area contributed by atoms with Crippen LogP contribution in [0.4, 0.5) is 27.3 Å². The number of carbonyl (C=O) groups is 3. The van der Waals surface area contributed by atoms with Crippen molar-refractivity contribution in [2.75, 3.05) is 47.7 Å². The molecule has 2 unspecified atom stereocenters. The number of rotatable bonds is 10. The van der Waals surface area contributed by atoms with Crippen molar-refractivity contribution in [1.29, 1.82) is 0 Å². The summed E-state index contributed by atoms with van der Waals surface area (Å²) in [6, 6.07) is 37.6. The van der Waals surface area contributed by atoms with Crippen LogP contribution < -0.4 is 60.2 Å². The Hall–Kier alpha value is -14.3. The van der Waals surface area contributed by atoms with Gasteiger partial charge in [-0.25, -0.2) is 48.9 Å². The van der Waals surface area contributed by atoms with Crippen molar-refractivity contribution in [3.63, 3.8) is 0 Å². The first-order valence-corrected chi connectivity index (χ1v) is 37.2. The lowest BCUT2D eigenvalue weighted by Crippen LogP contribution is -2.39. The van der Waals surface area contributed by atoms with Crippen molar-refractivity contribution in [2.45, 2.75) is 17.2 Å². The fourth-order valence-corrected chi connectivity index (χ4v) is 17.0. The number of anilines is 4. The van der Waals surface area contributed by atoms with Gasteiger partial charge >= 0.3 is 11.5 Å². The number of aryl methyl sites for hydroxylation is 1. The Kier molecular flexibility index (Phi) is 14.4. The van der Waals surface area contributed by atoms with Gasteiger partial charge in [0.2, 0.25) is 18.1 Å². The molecular weight excluding hydrogens is 1500 g/mol. The Morgan fingerprint density at radius 1 is 0.643 bits per heavy atom. The second-order valence-electron chi connectivity index (χ2n) is 26.5. The Balaban J connectivity index is 0.743. The molecule has 5 N–H and O–H groups in total. The molecule has 15 aromatic rings. The van der Waals surface area contributed by atoms with E-state index in [4.69, 9.17) is 72.3 Å². The zero-order valence-corrected chi connectivity index (χ0v) is 59.8. The fraction of sp³-hybridized carbons (Fsp3) is 0.103. The predicted molar refractivity (Wildman–Crippen MR) is 409 cm³/mol. The topological polar surface area (TPSA) is 362 Å². The molecule has 0 spiro atoms. The number of hydrogen-bond donors (Lipinski definition) is 5. The van der Waals surface area contributed by atoms with Crippen molar-refractivity contribution >= 4 is 142 Å². The van der Waals surface area contributed by atoms with Gasteiger partial charge in [-0.2, -0.15) is 0 Å². The standard InChI is InChI=1S/C78H45FN17O13S3/c1-94-65-39(38-17-18-95-66(58(38)79)64(92-112-95)71-85-42-8-2-3-9-43(42)86-71)23-35(27-52(65)109-78(94)101)37-7-6-11-45-60(37)90-59(33-13-15-50-46(24-33)88-77(100)108-50)62(84-45)57-40(30-82-75-63(57)91-93-111-75)56-41(31-80-73-70(56)104-21-22-105-73)61-69-53(102-19-20-103-69)28-54(89-61)96-48-26-34(67-72(98)87-44-10-4-5-12-49(44)106-67)14-16-51(48)107-68(76(96)99)36-25-47-74(81-29-36)110-32-55(97)83-47/h2-3,5-18,23-31,67-68,92H,19-22,32H2,1H3,(H,83,97)(H,85,86)(H,87,98)(H,88,100). The first-order chi connectivity index (χ1) is 54.8. The van der Waals surface area contributed by atoms with Gasteiger partial charge in [0.05, 0.1) is 73.7 Å². The number of imidazole rings is 1. The number of benzene rings is 6. The molecule has 0 bridgehead atoms. The van der Waals surface area contributed by atoms with Gasteiger partial charge in [0.15, 0.2) is 44.9 Å². The Labute approximate surface area is 638 Å². The fourth-order valence-electron chi connectivity index (χ4n) is 15.0. The second kappa shape index (κ2) is 24.9. The molecule has 112 heavy (non-hydrogen) atoms. The lowest BCUT2D eigenvalue weighted by atomic mass is 9.91. The SMILES string of the molecule is Cn1c(=O)oc2cc(-c3cccc4nc(-c5c(-c6c(-c7nc(N8C(=O)C(c9cnc%10c(c9)NC(=O)CS%10)Oc9ccc(C%10Oc%11cc[c]cc%11NC%10=O)cc98)cc8c7OCCO8)cnc7c6OCCO7)cnc6snnc56)c(-c5ccc6oc(=O)[nH]c6c5)nc34)cc(C3=C(F)C4=C(c5nc6ccccc6[nH]5)NSN4C=C3)c21. The summed E-state index contributed by atoms with van der Waals surface area (Å²) < 4.78 is 79.4. The Bertz CT molecular complexity index is 6960. The second-order valence-corrected chi connectivity index (χ2v) is 29.0. The lowest BCUT2D eigenvalue weighted by molar-refractivity contribution is -0.126. The minimum absolute atomic E-state index is 0.00907. The van der Waals surface area contributed by atoms with Gasteiger partial charge in [-0.05, 0) is 96.6 Å². The third kappa shape index (κ3) is 10.2. The number of oxazole rings is 2. The molecule has 7 aliphatic heterocycles. The number of nitrogens with zero attached hydrogens (tertiary/aromatic N) is 12. The van der Waals surface area contributed by atoms with Crippen LogP contribution in [-0.4, -0.2) is 113 Å². The molecule has 0 aliphatic carbocycles. The highest BCUT2D eigenvalue weighted by Crippen LogP contribution is 2.56. The first kappa shape index (κ1) is 64.9. The third-order valence-corrected chi connectivity index (χ3v) is 22.4. The number of amides is 3. The highest BCUT2D eigenvalue weighted by molar-refractivity contribution is 8.00. The minimum Gasteiger partial charge on any atom is -0.486 e. The molecule has 0 saturated carbocycles. The van der Waals surface area contributed by atoms with Crippen molar-refractivity contribution < 1.29 is 56.0 Å². The van der Waals surface area contributed by atoms with Gasteiger partial charge < -0.3 is 57.6 Å². The van der Waals surface area contributed by atoms with E-state index in [0.717, 1.165) is 17.0 Å². The molecule has 1 radical (unpaired) electrons. The maximum atomic E-state index is 18.0. The van der Waals surface area contributed by atoms with Crippen LogP contribution in [0.1, 0.15) is 34.7 Å². The van der Waals surface area contributed by atoms with E-state index in [-0.39, 0.29) is 135 Å². The van der Waals surface area contributed by atoms with Crippen LogP contribution >= 0.6 is 35.4 Å². The van der Waals surface area contributed by atoms with Crippen molar-refractivity contribution in [3.05, 3.63) is 213 Å². The number of halogens is 1. The summed E-state index contributed by atoms with van der Waals surface area (Å²) in [6.45, 7) is 0.325. The number of ether oxygens (including phenoxy) is 6. The minimum atomic E-state index is -1.40. The monoisotopic (exact) mass is 1540 g/mol. The number of aromatic amines is 2. The highest BCUT2D eigenvalue weighted by Gasteiger charge is 2.43. The van der Waals surface area contributed by atoms with E-state index >= 15 is 9.18 Å². The number of para-hydroxylation sites is 3. The molecule has 34 heteroatoms. The summed E-state index contributed by atoms with van der Waals surface area (Å²) in [5.41, 5.74) is 9.30. The van der Waals surface area contributed by atoms with Gasteiger partial charge in [0.25, 0.3) is 17.7 Å². The van der Waals surface area contributed by atoms with E-state index in [1.807, 2.05) is 30.3 Å². The molecular formula is C78H45FN17O13S3. The molecule has 3 amide bonds. The van der Waals surface area contributed by atoms with E-state index in [9.17, 15) is 19.2 Å². The zero-order chi connectivity index (χ0) is 74.9. The molecule has 9 aromatic heterocycles. The maximum absolute atomic E-state index is 18.0. The average Bonchev–Trinajstić information content (AvgIpc) is 0.975. The van der Waals surface area contributed by atoms with Crippen molar-refractivity contribution in [3.8, 4) is 90.7 Å². The number of nitrogens with one attached hydrogen (secondary N) is 5. The van der Waals surface area contributed by atoms with E-state index in [0.29, 0.717) is 111 Å². The summed E-state index contributed by atoms with van der Waals surface area (Å²) in [7, 11) is 1.56. The summed E-state index contributed by atoms with van der Waals surface area (Å²) >= 11 is 3.46. The van der Waals surface area contributed by atoms with Gasteiger partial charge in [-0.3, -0.25) is 33.1 Å². The Morgan fingerprint density at radius 2 is 1.51 bits per heavy atom. The number of allylic oxidation sites excluding steroid dienone is 3. The smallest absolute Gasteiger partial charge is 0.419 e. The molecule has 2 atom stereocenters. The first-order valence-electron chi connectivity index (χ1n) is 34.7. The highest BCUT2D eigenvalue weighted by atomic mass is 32.2. The number of carbonyl (C=O) groups excluding carboxylic acids is 3. The van der Waals surface area contributed by atoms with E-state index < -0.39 is 41.4 Å². The van der Waals surface area contributed by atoms with Crippen LogP contribution in [-0.2, 0) is 21.4 Å². The predicted octanol–water partition coefficient (Wildman–Crippen LogP) is 12.6. The van der Waals surface area contributed by atoms with E-state index in [1.165, 1.54) is 39.6 Å². The summed E-state index contributed by atoms with van der Waals surface area (Å²) in [5, 5.41) is 11.1. The molecule has 0 saturated heterocycles. The lowest BCUT2D eigenvalue weighted by Gasteiger charge is -2.35. The number of H-pyrrole nitrogens is 2. The van der Waals surface area contributed by atoms with Gasteiger partial charge in [0, 0.05) is 105 Å². The summed E-state index contributed by atoms with van der Waals surface area (Å²) in [5.74, 6) is -1.66. The van der Waals surface area contributed by atoms with Crippen LogP contribution in [0.15, 0.2) is 187 Å². The van der Waals surface area contributed by atoms with Crippen LogP contribution in [0.3, 0.4) is 0 Å². The number of pyridine rings is 4. The van der Waals surface area contributed by atoms with Crippen molar-refractivity contribution in [2.24, 2.45) is 7.05 Å². The van der Waals surface area contributed by atoms with E-state index in [1.54, 1.807) is 127 Å². The maximum Gasteiger partial charge on any atom is 0.419 e. The van der Waals surface area contributed by atoms with Crippen LogP contribution in [0, 0.1) is 6.07 Å². The van der Waals surface area contributed by atoms with Crippen LogP contribution in [0.2, 0.25) is 0 Å². The molecule has 6 aromatic carbocycles. The molecule has 545 valence electrons. The van der Waals surface area contributed by atoms with E-state index in [2.05, 4.69) is 40.9 Å². The largest absolute Gasteiger partial charge is 0.486 e. The Morgan fingerprint density at radius 3 is 2.43 bits per heavy atom. The molecule has 22 rings (SSSR count). The normalized spacial score (nSPS) is 16.9. The average molecular weight is 1540 g/mol. The van der Waals surface area contributed by atoms with Gasteiger partial charge in [-0.1, -0.05) is 52.6 Å². The quantitative estimate of drug-likeness (QED) is 0.0794. The van der Waals surface area contributed by atoms with Crippen LogP contribution in [0.25, 0.3) is 122 Å². The zero-order valence-electron chi connectivity index (χ0n) is 57.4. The van der Waals surface area contributed by atoms with Crippen LogP contribution in [0.5, 0.6) is 34.6 Å². The number of fused-ring (bicyclic) bond motifs is 11. The molecule has 7 aliphatic rings. The molecule has 0 fully saturated rings. The third-order valence-electron chi connectivity index (χ3n) is 20.0.